The Bertz CT molecular complexity index is 318. The predicted octanol–water partition coefficient (Wildman–Crippen LogP) is 2.78. The van der Waals surface area contributed by atoms with Crippen LogP contribution in [0.15, 0.2) is 18.3 Å². The summed E-state index contributed by atoms with van der Waals surface area (Å²) in [7, 11) is 0. The van der Waals surface area contributed by atoms with Crippen molar-refractivity contribution >= 4 is 5.57 Å². The molecule has 0 aliphatic rings. The van der Waals surface area contributed by atoms with Crippen molar-refractivity contribution in [3.8, 4) is 0 Å². The third-order valence-corrected chi connectivity index (χ3v) is 1.68. The van der Waals surface area contributed by atoms with Gasteiger partial charge in [0.25, 0.3) is 0 Å². The van der Waals surface area contributed by atoms with E-state index in [0.29, 0.717) is 5.57 Å². The van der Waals surface area contributed by atoms with Gasteiger partial charge in [-0.05, 0) is 19.4 Å². The van der Waals surface area contributed by atoms with Crippen LogP contribution in [0, 0.1) is 11.8 Å². The summed E-state index contributed by atoms with van der Waals surface area (Å²) in [6.45, 7) is 3.49. The van der Waals surface area contributed by atoms with E-state index in [4.69, 9.17) is 0 Å². The van der Waals surface area contributed by atoms with Gasteiger partial charge in [0.15, 0.2) is 0 Å². The van der Waals surface area contributed by atoms with E-state index in [-0.39, 0.29) is 5.56 Å². The van der Waals surface area contributed by atoms with E-state index in [0.717, 1.165) is 12.3 Å². The third kappa shape index (κ3) is 1.67. The molecule has 1 nitrogen and oxygen atoms in total. The standard InChI is InChI=1S/C9H9F2N/c1-3-6(2)7-4-9(11)12-5-8(7)10/h3-5H,1-2H3. The van der Waals surface area contributed by atoms with E-state index in [1.165, 1.54) is 0 Å². The second kappa shape index (κ2) is 3.43. The van der Waals surface area contributed by atoms with E-state index in [2.05, 4.69) is 4.98 Å². The molecule has 1 aromatic rings. The summed E-state index contributed by atoms with van der Waals surface area (Å²) in [4.78, 5) is 3.19. The van der Waals surface area contributed by atoms with Crippen LogP contribution >= 0.6 is 0 Å². The van der Waals surface area contributed by atoms with Crippen LogP contribution in [0.25, 0.3) is 5.57 Å². The summed E-state index contributed by atoms with van der Waals surface area (Å²) in [5.41, 5.74) is 0.971. The van der Waals surface area contributed by atoms with Crippen molar-refractivity contribution in [2.45, 2.75) is 13.8 Å². The van der Waals surface area contributed by atoms with Gasteiger partial charge < -0.3 is 0 Å². The van der Waals surface area contributed by atoms with Crippen LogP contribution in [-0.2, 0) is 0 Å². The number of nitrogens with zero attached hydrogens (tertiary/aromatic N) is 1. The number of hydrogen-bond donors (Lipinski definition) is 0. The van der Waals surface area contributed by atoms with Gasteiger partial charge in [0.05, 0.1) is 6.20 Å². The Kier molecular flexibility index (Phi) is 2.53. The Balaban J connectivity index is 3.23. The summed E-state index contributed by atoms with van der Waals surface area (Å²) >= 11 is 0. The van der Waals surface area contributed by atoms with Gasteiger partial charge in [-0.15, -0.1) is 0 Å². The average molecular weight is 169 g/mol. The highest BCUT2D eigenvalue weighted by atomic mass is 19.1. The third-order valence-electron chi connectivity index (χ3n) is 1.68. The normalized spacial score (nSPS) is 11.8. The Hall–Kier alpha value is -1.25. The molecule has 0 bridgehead atoms. The lowest BCUT2D eigenvalue weighted by Gasteiger charge is -2.01. The molecule has 64 valence electrons. The molecule has 0 saturated carbocycles. The van der Waals surface area contributed by atoms with Crippen molar-refractivity contribution in [2.75, 3.05) is 0 Å². The van der Waals surface area contributed by atoms with E-state index in [9.17, 15) is 8.78 Å². The Labute approximate surface area is 69.8 Å². The van der Waals surface area contributed by atoms with Crippen LogP contribution in [0.2, 0.25) is 0 Å². The van der Waals surface area contributed by atoms with Crippen LogP contribution in [0.1, 0.15) is 19.4 Å². The molecule has 0 spiro atoms. The number of allylic oxidation sites excluding steroid dienone is 2. The van der Waals surface area contributed by atoms with E-state index in [1.807, 2.05) is 0 Å². The molecule has 0 aliphatic heterocycles. The molecule has 0 radical (unpaired) electrons. The number of halogens is 2. The number of hydrogen-bond acceptors (Lipinski definition) is 1. The molecule has 0 fully saturated rings. The quantitative estimate of drug-likeness (QED) is 0.589. The van der Waals surface area contributed by atoms with Gasteiger partial charge in [-0.1, -0.05) is 6.08 Å². The smallest absolute Gasteiger partial charge is 0.213 e. The Morgan fingerprint density at radius 2 is 2.17 bits per heavy atom. The zero-order valence-electron chi connectivity index (χ0n) is 6.94. The first-order valence-electron chi connectivity index (χ1n) is 3.59. The lowest BCUT2D eigenvalue weighted by molar-refractivity contribution is 0.557. The van der Waals surface area contributed by atoms with Crippen LogP contribution in [-0.4, -0.2) is 4.98 Å². The highest BCUT2D eigenvalue weighted by molar-refractivity contribution is 5.63. The lowest BCUT2D eigenvalue weighted by Crippen LogP contribution is -1.91. The average Bonchev–Trinajstić information content (AvgIpc) is 2.08. The fraction of sp³-hybridized carbons (Fsp3) is 0.222. The van der Waals surface area contributed by atoms with Gasteiger partial charge >= 0.3 is 0 Å². The minimum absolute atomic E-state index is 0.269. The highest BCUT2D eigenvalue weighted by Gasteiger charge is 2.04. The lowest BCUT2D eigenvalue weighted by atomic mass is 10.1. The van der Waals surface area contributed by atoms with Crippen molar-refractivity contribution < 1.29 is 8.78 Å². The first kappa shape index (κ1) is 8.84. The molecule has 3 heteroatoms. The van der Waals surface area contributed by atoms with Crippen molar-refractivity contribution in [2.24, 2.45) is 0 Å². The van der Waals surface area contributed by atoms with Gasteiger partial charge in [-0.3, -0.25) is 0 Å². The first-order chi connectivity index (χ1) is 5.65. The minimum Gasteiger partial charge on any atom is -0.225 e. The van der Waals surface area contributed by atoms with E-state index in [1.54, 1.807) is 19.9 Å². The second-order valence-corrected chi connectivity index (χ2v) is 2.46. The predicted molar refractivity (Wildman–Crippen MR) is 43.5 cm³/mol. The van der Waals surface area contributed by atoms with Gasteiger partial charge in [-0.25, -0.2) is 9.37 Å². The molecule has 12 heavy (non-hydrogen) atoms. The second-order valence-electron chi connectivity index (χ2n) is 2.46. The molecular formula is C9H9F2N. The fourth-order valence-electron chi connectivity index (χ4n) is 0.871. The Morgan fingerprint density at radius 3 is 2.75 bits per heavy atom. The molecule has 1 rings (SSSR count). The zero-order valence-corrected chi connectivity index (χ0v) is 6.94. The SMILES string of the molecule is CC=C(C)c1cc(F)ncc1F. The summed E-state index contributed by atoms with van der Waals surface area (Å²) in [6.07, 6.45) is 2.61. The molecule has 0 aliphatic carbocycles. The fourth-order valence-corrected chi connectivity index (χ4v) is 0.871. The molecule has 0 amide bonds. The maximum Gasteiger partial charge on any atom is 0.213 e. The van der Waals surface area contributed by atoms with Crippen LogP contribution in [0.4, 0.5) is 8.78 Å². The van der Waals surface area contributed by atoms with Gasteiger partial charge in [0, 0.05) is 11.6 Å². The summed E-state index contributed by atoms with van der Waals surface area (Å²) in [6, 6.07) is 1.09. The summed E-state index contributed by atoms with van der Waals surface area (Å²) in [5, 5.41) is 0. The van der Waals surface area contributed by atoms with Crippen LogP contribution in [0.5, 0.6) is 0 Å². The maximum absolute atomic E-state index is 12.9. The van der Waals surface area contributed by atoms with Crippen molar-refractivity contribution in [1.29, 1.82) is 0 Å². The molecule has 1 heterocycles. The van der Waals surface area contributed by atoms with Gasteiger partial charge in [-0.2, -0.15) is 4.39 Å². The monoisotopic (exact) mass is 169 g/mol. The number of rotatable bonds is 1. The molecule has 0 saturated heterocycles. The minimum atomic E-state index is -0.660. The molecule has 0 unspecified atom stereocenters. The van der Waals surface area contributed by atoms with Crippen LogP contribution in [0.3, 0.4) is 0 Å². The number of pyridine rings is 1. The first-order valence-corrected chi connectivity index (χ1v) is 3.59. The van der Waals surface area contributed by atoms with Crippen LogP contribution < -0.4 is 0 Å². The summed E-state index contributed by atoms with van der Waals surface area (Å²) in [5.74, 6) is -1.15. The topological polar surface area (TPSA) is 12.9 Å². The van der Waals surface area contributed by atoms with Crippen molar-refractivity contribution in [1.82, 2.24) is 4.98 Å². The largest absolute Gasteiger partial charge is 0.225 e. The molecule has 0 atom stereocenters. The van der Waals surface area contributed by atoms with Crippen molar-refractivity contribution in [3.05, 3.63) is 35.7 Å². The Morgan fingerprint density at radius 1 is 1.50 bits per heavy atom. The molecule has 0 aromatic carbocycles. The van der Waals surface area contributed by atoms with Crippen molar-refractivity contribution in [3.63, 3.8) is 0 Å². The maximum atomic E-state index is 12.9. The molecule has 1 aromatic heterocycles. The van der Waals surface area contributed by atoms with Gasteiger partial charge in [0.2, 0.25) is 5.95 Å². The van der Waals surface area contributed by atoms with Gasteiger partial charge in [0.1, 0.15) is 5.82 Å². The highest BCUT2D eigenvalue weighted by Crippen LogP contribution is 2.16. The van der Waals surface area contributed by atoms with E-state index < -0.39 is 11.8 Å². The molecular weight excluding hydrogens is 160 g/mol. The number of aromatic nitrogens is 1. The summed E-state index contributed by atoms with van der Waals surface area (Å²) < 4.78 is 25.5. The zero-order chi connectivity index (χ0) is 9.14. The van der Waals surface area contributed by atoms with E-state index >= 15 is 0 Å². The molecule has 0 N–H and O–H groups in total.